The molecule has 19 heavy (non-hydrogen) atoms. The molecule has 0 saturated carbocycles. The number of halogens is 1. The fraction of sp³-hybridized carbons (Fsp3) is 0.467. The summed E-state index contributed by atoms with van der Waals surface area (Å²) in [6, 6.07) is 8.52. The third-order valence-corrected chi connectivity index (χ3v) is 4.31. The van der Waals surface area contributed by atoms with Gasteiger partial charge in [-0.3, -0.25) is 0 Å². The summed E-state index contributed by atoms with van der Waals surface area (Å²) in [4.78, 5) is 0. The van der Waals surface area contributed by atoms with E-state index in [1.54, 1.807) is 0 Å². The second kappa shape index (κ2) is 5.65. The first-order valence-electron chi connectivity index (χ1n) is 6.78. The Hall–Kier alpha value is -0.840. The second-order valence-corrected chi connectivity index (χ2v) is 5.82. The van der Waals surface area contributed by atoms with Crippen LogP contribution in [0, 0.1) is 5.92 Å². The van der Waals surface area contributed by atoms with E-state index >= 15 is 0 Å². The number of hydrogen-bond donors (Lipinski definition) is 1. The maximum atomic E-state index is 6.06. The Labute approximate surface area is 121 Å². The van der Waals surface area contributed by atoms with Gasteiger partial charge in [0.15, 0.2) is 0 Å². The molecule has 2 unspecified atom stereocenters. The van der Waals surface area contributed by atoms with Crippen LogP contribution in [0.2, 0.25) is 0 Å². The third kappa shape index (κ3) is 2.57. The van der Waals surface area contributed by atoms with Crippen molar-refractivity contribution in [3.8, 4) is 0 Å². The molecule has 1 aromatic carbocycles. The number of para-hydroxylation sites is 1. The van der Waals surface area contributed by atoms with Crippen molar-refractivity contribution in [1.82, 2.24) is 5.32 Å². The maximum Gasteiger partial charge on any atom is 0.148 e. The van der Waals surface area contributed by atoms with E-state index in [2.05, 4.69) is 40.3 Å². The van der Waals surface area contributed by atoms with Crippen LogP contribution >= 0.6 is 15.9 Å². The zero-order valence-corrected chi connectivity index (χ0v) is 12.6. The van der Waals surface area contributed by atoms with Gasteiger partial charge in [-0.15, -0.1) is 0 Å². The molecule has 0 bridgehead atoms. The maximum absolute atomic E-state index is 6.06. The fourth-order valence-electron chi connectivity index (χ4n) is 2.74. The van der Waals surface area contributed by atoms with Crippen LogP contribution in [0.25, 0.3) is 11.0 Å². The zero-order chi connectivity index (χ0) is 13.2. The number of hydrogen-bond acceptors (Lipinski definition) is 3. The predicted octanol–water partition coefficient (Wildman–Crippen LogP) is 3.88. The van der Waals surface area contributed by atoms with Crippen LogP contribution < -0.4 is 5.32 Å². The molecule has 3 rings (SSSR count). The molecule has 0 amide bonds. The van der Waals surface area contributed by atoms with E-state index in [-0.39, 0.29) is 6.04 Å². The first-order chi connectivity index (χ1) is 9.29. The van der Waals surface area contributed by atoms with Crippen molar-refractivity contribution < 1.29 is 9.15 Å². The molecule has 1 aromatic heterocycles. The van der Waals surface area contributed by atoms with Crippen LogP contribution in [-0.2, 0) is 4.74 Å². The summed E-state index contributed by atoms with van der Waals surface area (Å²) >= 11 is 3.54. The Morgan fingerprint density at radius 2 is 2.37 bits per heavy atom. The smallest absolute Gasteiger partial charge is 0.148 e. The summed E-state index contributed by atoms with van der Waals surface area (Å²) in [5, 5.41) is 4.68. The van der Waals surface area contributed by atoms with Crippen LogP contribution in [0.5, 0.6) is 0 Å². The summed E-state index contributed by atoms with van der Waals surface area (Å²) in [5.41, 5.74) is 0.930. The van der Waals surface area contributed by atoms with E-state index < -0.39 is 0 Å². The number of fused-ring (bicyclic) bond motifs is 1. The van der Waals surface area contributed by atoms with E-state index in [4.69, 9.17) is 9.15 Å². The van der Waals surface area contributed by atoms with Crippen molar-refractivity contribution in [2.24, 2.45) is 5.92 Å². The van der Waals surface area contributed by atoms with E-state index in [0.717, 1.165) is 47.4 Å². The van der Waals surface area contributed by atoms with Gasteiger partial charge in [0.05, 0.1) is 17.1 Å². The minimum absolute atomic E-state index is 0.242. The molecule has 2 atom stereocenters. The Morgan fingerprint density at radius 1 is 1.47 bits per heavy atom. The van der Waals surface area contributed by atoms with E-state index in [1.165, 1.54) is 0 Å². The van der Waals surface area contributed by atoms with Crippen LogP contribution in [0.3, 0.4) is 0 Å². The highest BCUT2D eigenvalue weighted by molar-refractivity contribution is 9.10. The SMILES string of the molecule is CCNC(c1cc2cccc(Br)c2o1)C1CCOC1. The lowest BCUT2D eigenvalue weighted by Gasteiger charge is -2.20. The molecule has 2 heterocycles. The molecule has 102 valence electrons. The summed E-state index contributed by atoms with van der Waals surface area (Å²) in [7, 11) is 0. The molecule has 3 nitrogen and oxygen atoms in total. The minimum atomic E-state index is 0.242. The molecular formula is C15H18BrNO2. The Morgan fingerprint density at radius 3 is 3.05 bits per heavy atom. The second-order valence-electron chi connectivity index (χ2n) is 4.97. The third-order valence-electron chi connectivity index (χ3n) is 3.68. The van der Waals surface area contributed by atoms with Gasteiger partial charge in [-0.1, -0.05) is 19.1 Å². The summed E-state index contributed by atoms with van der Waals surface area (Å²) in [6.45, 7) is 4.73. The van der Waals surface area contributed by atoms with Crippen molar-refractivity contribution in [2.45, 2.75) is 19.4 Å². The van der Waals surface area contributed by atoms with Crippen LogP contribution in [0.15, 0.2) is 33.2 Å². The summed E-state index contributed by atoms with van der Waals surface area (Å²) in [5.74, 6) is 1.51. The monoisotopic (exact) mass is 323 g/mol. The van der Waals surface area contributed by atoms with Gasteiger partial charge in [0.25, 0.3) is 0 Å². The molecule has 0 radical (unpaired) electrons. The highest BCUT2D eigenvalue weighted by Crippen LogP contribution is 2.34. The van der Waals surface area contributed by atoms with Crippen molar-refractivity contribution in [3.05, 3.63) is 34.5 Å². The normalized spacial score (nSPS) is 21.1. The van der Waals surface area contributed by atoms with Crippen LogP contribution in [0.1, 0.15) is 25.1 Å². The van der Waals surface area contributed by atoms with Gasteiger partial charge >= 0.3 is 0 Å². The highest BCUT2D eigenvalue weighted by atomic mass is 79.9. The van der Waals surface area contributed by atoms with Gasteiger partial charge in [-0.2, -0.15) is 0 Å². The van der Waals surface area contributed by atoms with Crippen molar-refractivity contribution in [2.75, 3.05) is 19.8 Å². The molecule has 1 aliphatic heterocycles. The number of furan rings is 1. The average molecular weight is 324 g/mol. The standard InChI is InChI=1S/C15H18BrNO2/c1-2-17-14(11-6-7-18-9-11)13-8-10-4-3-5-12(16)15(10)19-13/h3-5,8,11,14,17H,2,6-7,9H2,1H3. The van der Waals surface area contributed by atoms with Crippen LogP contribution in [0.4, 0.5) is 0 Å². The molecular weight excluding hydrogens is 306 g/mol. The highest BCUT2D eigenvalue weighted by Gasteiger charge is 2.29. The Kier molecular flexibility index (Phi) is 3.91. The number of nitrogens with one attached hydrogen (secondary N) is 1. The van der Waals surface area contributed by atoms with Gasteiger partial charge < -0.3 is 14.5 Å². The van der Waals surface area contributed by atoms with Gasteiger partial charge in [0, 0.05) is 17.9 Å². The van der Waals surface area contributed by atoms with Gasteiger partial charge in [-0.25, -0.2) is 0 Å². The van der Waals surface area contributed by atoms with Crippen molar-refractivity contribution in [3.63, 3.8) is 0 Å². The fourth-order valence-corrected chi connectivity index (χ4v) is 3.20. The molecule has 1 fully saturated rings. The van der Waals surface area contributed by atoms with Crippen LogP contribution in [-0.4, -0.2) is 19.8 Å². The lowest BCUT2D eigenvalue weighted by Crippen LogP contribution is -2.28. The van der Waals surface area contributed by atoms with Gasteiger partial charge in [-0.05, 0) is 41.0 Å². The summed E-state index contributed by atoms with van der Waals surface area (Å²) in [6.07, 6.45) is 1.09. The quantitative estimate of drug-likeness (QED) is 0.927. The largest absolute Gasteiger partial charge is 0.458 e. The molecule has 1 aliphatic rings. The zero-order valence-electron chi connectivity index (χ0n) is 11.0. The minimum Gasteiger partial charge on any atom is -0.458 e. The average Bonchev–Trinajstić information content (AvgIpc) is 3.05. The number of ether oxygens (including phenoxy) is 1. The number of benzene rings is 1. The molecule has 0 spiro atoms. The lowest BCUT2D eigenvalue weighted by molar-refractivity contribution is 0.173. The first kappa shape index (κ1) is 13.2. The lowest BCUT2D eigenvalue weighted by atomic mass is 9.96. The molecule has 1 N–H and O–H groups in total. The summed E-state index contributed by atoms with van der Waals surface area (Å²) < 4.78 is 12.6. The topological polar surface area (TPSA) is 34.4 Å². The first-order valence-corrected chi connectivity index (χ1v) is 7.58. The van der Waals surface area contributed by atoms with Gasteiger partial charge in [0.1, 0.15) is 11.3 Å². The number of rotatable bonds is 4. The molecule has 1 saturated heterocycles. The van der Waals surface area contributed by atoms with Gasteiger partial charge in [0.2, 0.25) is 0 Å². The van der Waals surface area contributed by atoms with E-state index in [9.17, 15) is 0 Å². The molecule has 0 aliphatic carbocycles. The van der Waals surface area contributed by atoms with E-state index in [0.29, 0.717) is 5.92 Å². The molecule has 4 heteroatoms. The molecule has 2 aromatic rings. The Balaban J connectivity index is 1.97. The van der Waals surface area contributed by atoms with Crippen molar-refractivity contribution in [1.29, 1.82) is 0 Å². The van der Waals surface area contributed by atoms with E-state index in [1.807, 2.05) is 12.1 Å². The predicted molar refractivity (Wildman–Crippen MR) is 79.3 cm³/mol. The van der Waals surface area contributed by atoms with Crippen molar-refractivity contribution >= 4 is 26.9 Å². The Bertz CT molecular complexity index is 560.